The quantitative estimate of drug-likeness (QED) is 0.499. The van der Waals surface area contributed by atoms with Gasteiger partial charge in [0, 0.05) is 11.1 Å². The molecule has 1 atom stereocenters. The summed E-state index contributed by atoms with van der Waals surface area (Å²) in [5, 5.41) is 10.2. The number of carbonyl (C=O) groups is 2. The molecule has 3 aromatic rings. The topological polar surface area (TPSA) is 63.6 Å². The maximum absolute atomic E-state index is 13.1. The average Bonchev–Trinajstić information content (AvgIpc) is 2.69. The molecule has 1 N–H and O–H groups in total. The van der Waals surface area contributed by atoms with Crippen molar-refractivity contribution >= 4 is 11.8 Å². The van der Waals surface area contributed by atoms with E-state index in [1.807, 2.05) is 38.1 Å². The van der Waals surface area contributed by atoms with E-state index in [0.29, 0.717) is 16.7 Å². The lowest BCUT2D eigenvalue weighted by Crippen LogP contribution is -2.20. The van der Waals surface area contributed by atoms with E-state index in [9.17, 15) is 14.7 Å². The van der Waals surface area contributed by atoms with Crippen LogP contribution in [0.1, 0.15) is 49.1 Å². The zero-order chi connectivity index (χ0) is 20.3. The number of esters is 1. The maximum atomic E-state index is 13.1. The molecule has 0 fully saturated rings. The Morgan fingerprint density at radius 2 is 1.39 bits per heavy atom. The van der Waals surface area contributed by atoms with Gasteiger partial charge in [0.15, 0.2) is 6.10 Å². The minimum Gasteiger partial charge on any atom is -0.507 e. The summed E-state index contributed by atoms with van der Waals surface area (Å²) in [5.74, 6) is -1.20. The molecule has 0 amide bonds. The first-order valence-electron chi connectivity index (χ1n) is 9.04. The summed E-state index contributed by atoms with van der Waals surface area (Å²) in [4.78, 5) is 25.8. The zero-order valence-corrected chi connectivity index (χ0v) is 16.1. The van der Waals surface area contributed by atoms with Crippen molar-refractivity contribution in [1.82, 2.24) is 0 Å². The van der Waals surface area contributed by atoms with Gasteiger partial charge in [0.05, 0.1) is 0 Å². The van der Waals surface area contributed by atoms with E-state index >= 15 is 0 Å². The first-order chi connectivity index (χ1) is 13.4. The molecular formula is C24H22O4. The number of aryl methyl sites for hydroxylation is 3. The molecule has 142 valence electrons. The van der Waals surface area contributed by atoms with Crippen molar-refractivity contribution < 1.29 is 19.4 Å². The third-order valence-corrected chi connectivity index (χ3v) is 4.64. The van der Waals surface area contributed by atoms with Gasteiger partial charge in [-0.25, -0.2) is 4.79 Å². The van der Waals surface area contributed by atoms with Crippen LogP contribution in [0.25, 0.3) is 0 Å². The Morgan fingerprint density at radius 3 is 2.00 bits per heavy atom. The Hall–Kier alpha value is -3.40. The Balaban J connectivity index is 1.97. The molecule has 3 aromatic carbocycles. The van der Waals surface area contributed by atoms with Gasteiger partial charge in [-0.1, -0.05) is 71.8 Å². The smallest absolute Gasteiger partial charge is 0.342 e. The largest absolute Gasteiger partial charge is 0.507 e. The van der Waals surface area contributed by atoms with Crippen molar-refractivity contribution in [2.45, 2.75) is 26.9 Å². The van der Waals surface area contributed by atoms with Gasteiger partial charge in [-0.3, -0.25) is 4.79 Å². The Kier molecular flexibility index (Phi) is 5.59. The van der Waals surface area contributed by atoms with Gasteiger partial charge in [0.1, 0.15) is 11.3 Å². The number of phenolic OH excluding ortho intramolecular Hbond substituents is 1. The van der Waals surface area contributed by atoms with Crippen LogP contribution in [0.3, 0.4) is 0 Å². The molecular weight excluding hydrogens is 352 g/mol. The van der Waals surface area contributed by atoms with Gasteiger partial charge in [-0.05, 0) is 32.4 Å². The molecule has 3 rings (SSSR count). The molecule has 0 aromatic heterocycles. The highest BCUT2D eigenvalue weighted by Crippen LogP contribution is 2.28. The van der Waals surface area contributed by atoms with Crippen molar-refractivity contribution in [2.75, 3.05) is 0 Å². The number of benzene rings is 3. The van der Waals surface area contributed by atoms with E-state index in [1.165, 1.54) is 6.07 Å². The lowest BCUT2D eigenvalue weighted by atomic mass is 9.98. The molecule has 0 radical (unpaired) electrons. The van der Waals surface area contributed by atoms with Crippen LogP contribution in [0.5, 0.6) is 5.75 Å². The summed E-state index contributed by atoms with van der Waals surface area (Å²) in [7, 11) is 0. The van der Waals surface area contributed by atoms with Crippen LogP contribution >= 0.6 is 0 Å². The second kappa shape index (κ2) is 8.09. The van der Waals surface area contributed by atoms with Gasteiger partial charge < -0.3 is 9.84 Å². The summed E-state index contributed by atoms with van der Waals surface area (Å²) in [6.07, 6.45) is -1.10. The van der Waals surface area contributed by atoms with Crippen LogP contribution in [-0.4, -0.2) is 16.9 Å². The third kappa shape index (κ3) is 4.12. The van der Waals surface area contributed by atoms with Crippen LogP contribution in [0.4, 0.5) is 0 Å². The van der Waals surface area contributed by atoms with Gasteiger partial charge in [0.25, 0.3) is 0 Å². The van der Waals surface area contributed by atoms with E-state index in [1.54, 1.807) is 43.3 Å². The van der Waals surface area contributed by atoms with Gasteiger partial charge in [-0.15, -0.1) is 0 Å². The molecule has 28 heavy (non-hydrogen) atoms. The molecule has 0 unspecified atom stereocenters. The second-order valence-electron chi connectivity index (χ2n) is 6.90. The Bertz CT molecular complexity index is 1000. The Labute approximate surface area is 164 Å². The van der Waals surface area contributed by atoms with Crippen LogP contribution in [-0.2, 0) is 4.74 Å². The van der Waals surface area contributed by atoms with E-state index in [0.717, 1.165) is 11.1 Å². The van der Waals surface area contributed by atoms with Crippen molar-refractivity contribution in [3.05, 3.63) is 100 Å². The third-order valence-electron chi connectivity index (χ3n) is 4.64. The van der Waals surface area contributed by atoms with Crippen LogP contribution in [0, 0.1) is 20.8 Å². The second-order valence-corrected chi connectivity index (χ2v) is 6.90. The Morgan fingerprint density at radius 1 is 0.821 bits per heavy atom. The predicted octanol–water partition coefficient (Wildman–Crippen LogP) is 5.10. The molecule has 4 nitrogen and oxygen atoms in total. The number of rotatable bonds is 5. The monoisotopic (exact) mass is 374 g/mol. The maximum Gasteiger partial charge on any atom is 0.342 e. The predicted molar refractivity (Wildman–Crippen MR) is 108 cm³/mol. The summed E-state index contributed by atoms with van der Waals surface area (Å²) >= 11 is 0. The minimum absolute atomic E-state index is 0.0359. The minimum atomic E-state index is -1.10. The van der Waals surface area contributed by atoms with Crippen molar-refractivity contribution in [3.63, 3.8) is 0 Å². The lowest BCUT2D eigenvalue weighted by molar-refractivity contribution is 0.0277. The fourth-order valence-corrected chi connectivity index (χ4v) is 2.88. The van der Waals surface area contributed by atoms with Gasteiger partial charge >= 0.3 is 5.97 Å². The first-order valence-corrected chi connectivity index (χ1v) is 9.04. The van der Waals surface area contributed by atoms with Crippen LogP contribution < -0.4 is 0 Å². The van der Waals surface area contributed by atoms with E-state index < -0.39 is 12.1 Å². The van der Waals surface area contributed by atoms with Crippen LogP contribution in [0.2, 0.25) is 0 Å². The summed E-state index contributed by atoms with van der Waals surface area (Å²) < 4.78 is 5.60. The fourth-order valence-electron chi connectivity index (χ4n) is 2.88. The average molecular weight is 374 g/mol. The molecule has 0 aliphatic heterocycles. The SMILES string of the molecule is Cc1ccc(C(=O)[C@H](OC(=O)c2cccc(C)c2O)c2ccc(C)cc2)cc1. The standard InChI is InChI=1S/C24H22O4/c1-15-7-11-18(12-8-15)22(26)23(19-13-9-16(2)10-14-19)28-24(27)20-6-4-5-17(3)21(20)25/h4-14,23,25H,1-3H3/t23-/m1/s1. The number of carbonyl (C=O) groups excluding carboxylic acids is 2. The normalized spacial score (nSPS) is 11.7. The fraction of sp³-hybridized carbons (Fsp3) is 0.167. The molecule has 0 aliphatic carbocycles. The number of ketones is 1. The summed E-state index contributed by atoms with van der Waals surface area (Å²) in [6.45, 7) is 5.57. The van der Waals surface area contributed by atoms with E-state index in [-0.39, 0.29) is 17.1 Å². The van der Waals surface area contributed by atoms with E-state index in [2.05, 4.69) is 0 Å². The highest BCUT2D eigenvalue weighted by Gasteiger charge is 2.28. The zero-order valence-electron chi connectivity index (χ0n) is 16.1. The number of Topliss-reactive ketones (excluding diaryl/α,β-unsaturated/α-hetero) is 1. The first kappa shape index (κ1) is 19.4. The molecule has 0 aliphatic rings. The number of hydrogen-bond acceptors (Lipinski definition) is 4. The molecule has 0 bridgehead atoms. The van der Waals surface area contributed by atoms with Crippen LogP contribution in [0.15, 0.2) is 66.7 Å². The number of hydrogen-bond donors (Lipinski definition) is 1. The molecule has 4 heteroatoms. The van der Waals surface area contributed by atoms with Crippen molar-refractivity contribution in [3.8, 4) is 5.75 Å². The molecule has 0 saturated carbocycles. The highest BCUT2D eigenvalue weighted by atomic mass is 16.5. The number of para-hydroxylation sites is 1. The lowest BCUT2D eigenvalue weighted by Gasteiger charge is -2.18. The molecule has 0 saturated heterocycles. The number of phenols is 1. The van der Waals surface area contributed by atoms with Crippen molar-refractivity contribution in [1.29, 1.82) is 0 Å². The summed E-state index contributed by atoms with van der Waals surface area (Å²) in [5.41, 5.74) is 3.70. The molecule has 0 spiro atoms. The van der Waals surface area contributed by atoms with Gasteiger partial charge in [0.2, 0.25) is 5.78 Å². The highest BCUT2D eigenvalue weighted by molar-refractivity contribution is 6.02. The number of ether oxygens (including phenoxy) is 1. The van der Waals surface area contributed by atoms with Gasteiger partial charge in [-0.2, -0.15) is 0 Å². The molecule has 0 heterocycles. The van der Waals surface area contributed by atoms with Crippen molar-refractivity contribution in [2.24, 2.45) is 0 Å². The van der Waals surface area contributed by atoms with E-state index in [4.69, 9.17) is 4.74 Å². The summed E-state index contributed by atoms with van der Waals surface area (Å²) in [6, 6.07) is 19.2. The number of aromatic hydroxyl groups is 1.